The van der Waals surface area contributed by atoms with E-state index in [4.69, 9.17) is 5.73 Å². The van der Waals surface area contributed by atoms with E-state index in [9.17, 15) is 17.8 Å². The molecule has 2 aromatic rings. The van der Waals surface area contributed by atoms with Crippen molar-refractivity contribution in [2.24, 2.45) is 0 Å². The average molecular weight is 418 g/mol. The highest BCUT2D eigenvalue weighted by Gasteiger charge is 2.30. The van der Waals surface area contributed by atoms with Gasteiger partial charge in [-0.1, -0.05) is 45.4 Å². The zero-order chi connectivity index (χ0) is 22.3. The van der Waals surface area contributed by atoms with E-state index in [1.54, 1.807) is 13.8 Å². The number of ketones is 1. The van der Waals surface area contributed by atoms with Crippen LogP contribution in [0.3, 0.4) is 0 Å². The third-order valence-electron chi connectivity index (χ3n) is 5.29. The molecule has 2 rings (SSSR count). The van der Waals surface area contributed by atoms with Crippen LogP contribution in [0, 0.1) is 20.8 Å². The first-order valence-corrected chi connectivity index (χ1v) is 11.2. The Morgan fingerprint density at radius 1 is 1.00 bits per heavy atom. The highest BCUT2D eigenvalue weighted by molar-refractivity contribution is 7.86. The molecule has 0 aromatic heterocycles. The van der Waals surface area contributed by atoms with Crippen molar-refractivity contribution in [3.05, 3.63) is 57.1 Å². The molecule has 0 aliphatic carbocycles. The number of aryl methyl sites for hydroxylation is 3. The summed E-state index contributed by atoms with van der Waals surface area (Å²) in [6, 6.07) is 5.56. The summed E-state index contributed by atoms with van der Waals surface area (Å²) in [6.45, 7) is 13.2. The van der Waals surface area contributed by atoms with E-state index < -0.39 is 10.1 Å². The molecule has 0 spiro atoms. The van der Waals surface area contributed by atoms with Gasteiger partial charge in [0.1, 0.15) is 4.90 Å². The lowest BCUT2D eigenvalue weighted by Gasteiger charge is -2.23. The molecule has 0 saturated carbocycles. The average Bonchev–Trinajstić information content (AvgIpc) is 2.55. The van der Waals surface area contributed by atoms with Gasteiger partial charge in [-0.3, -0.25) is 9.35 Å². The first-order chi connectivity index (χ1) is 13.3. The SMILES string of the molecule is Cc1cc(C)c(CC(=O)c2c(N)cc(C(C)C)c(S(=O)(=O)O)c2C(C)C)c(C)c1. The Morgan fingerprint density at radius 2 is 1.52 bits per heavy atom. The van der Waals surface area contributed by atoms with Crippen molar-refractivity contribution in [3.63, 3.8) is 0 Å². The van der Waals surface area contributed by atoms with Crippen LogP contribution >= 0.6 is 0 Å². The third kappa shape index (κ3) is 4.70. The highest BCUT2D eigenvalue weighted by atomic mass is 32.2. The number of benzene rings is 2. The second-order valence-corrected chi connectivity index (χ2v) is 9.79. The van der Waals surface area contributed by atoms with Crippen LogP contribution in [0.2, 0.25) is 0 Å². The summed E-state index contributed by atoms with van der Waals surface area (Å²) >= 11 is 0. The molecule has 0 unspecified atom stereocenters. The molecule has 0 aliphatic heterocycles. The van der Waals surface area contributed by atoms with Gasteiger partial charge in [-0.2, -0.15) is 8.42 Å². The maximum absolute atomic E-state index is 13.4. The number of nitrogens with two attached hydrogens (primary N) is 1. The molecule has 3 N–H and O–H groups in total. The fraction of sp³-hybridized carbons (Fsp3) is 0.435. The Bertz CT molecular complexity index is 1040. The Kier molecular flexibility index (Phi) is 6.60. The summed E-state index contributed by atoms with van der Waals surface area (Å²) in [5, 5.41) is 0. The number of carbonyl (C=O) groups excluding carboxylic acids is 1. The van der Waals surface area contributed by atoms with Crippen LogP contribution in [-0.4, -0.2) is 18.8 Å². The molecule has 158 valence electrons. The van der Waals surface area contributed by atoms with Crippen molar-refractivity contribution < 1.29 is 17.8 Å². The number of carbonyl (C=O) groups is 1. The zero-order valence-corrected chi connectivity index (χ0v) is 19.1. The van der Waals surface area contributed by atoms with Crippen LogP contribution in [0.4, 0.5) is 5.69 Å². The van der Waals surface area contributed by atoms with Crippen molar-refractivity contribution in [1.82, 2.24) is 0 Å². The maximum Gasteiger partial charge on any atom is 0.295 e. The first kappa shape index (κ1) is 23.1. The number of anilines is 1. The number of hydrogen-bond acceptors (Lipinski definition) is 4. The van der Waals surface area contributed by atoms with Gasteiger partial charge >= 0.3 is 0 Å². The second-order valence-electron chi connectivity index (χ2n) is 8.43. The van der Waals surface area contributed by atoms with Gasteiger partial charge in [-0.15, -0.1) is 0 Å². The molecule has 2 aromatic carbocycles. The summed E-state index contributed by atoms with van der Waals surface area (Å²) < 4.78 is 34.5. The molecule has 0 aliphatic rings. The molecule has 29 heavy (non-hydrogen) atoms. The standard InChI is InChI=1S/C23H31NO4S/c1-12(2)17-10-19(24)22(21(13(3)4)23(17)29(26,27)28)20(25)11-18-15(6)8-14(5)9-16(18)7/h8-10,12-13H,11,24H2,1-7H3,(H,26,27,28). The maximum atomic E-state index is 13.4. The van der Waals surface area contributed by atoms with E-state index in [0.717, 1.165) is 22.3 Å². The van der Waals surface area contributed by atoms with E-state index in [-0.39, 0.29) is 40.2 Å². The van der Waals surface area contributed by atoms with Crippen molar-refractivity contribution >= 4 is 21.6 Å². The minimum Gasteiger partial charge on any atom is -0.398 e. The predicted molar refractivity (Wildman–Crippen MR) is 118 cm³/mol. The lowest BCUT2D eigenvalue weighted by molar-refractivity contribution is 0.0992. The zero-order valence-electron chi connectivity index (χ0n) is 18.3. The molecule has 0 heterocycles. The number of hydrogen-bond donors (Lipinski definition) is 2. The van der Waals surface area contributed by atoms with E-state index in [1.165, 1.54) is 6.07 Å². The van der Waals surface area contributed by atoms with Gasteiger partial charge in [-0.05, 0) is 66.5 Å². The Hall–Kier alpha value is -2.18. The van der Waals surface area contributed by atoms with Gasteiger partial charge in [0, 0.05) is 17.7 Å². The van der Waals surface area contributed by atoms with Crippen LogP contribution in [0.5, 0.6) is 0 Å². The Morgan fingerprint density at radius 3 is 1.93 bits per heavy atom. The van der Waals surface area contributed by atoms with Gasteiger partial charge in [-0.25, -0.2) is 0 Å². The molecule has 0 fully saturated rings. The smallest absolute Gasteiger partial charge is 0.295 e. The van der Waals surface area contributed by atoms with Gasteiger partial charge < -0.3 is 5.73 Å². The molecular formula is C23H31NO4S. The van der Waals surface area contributed by atoms with Crippen LogP contribution in [0.15, 0.2) is 23.1 Å². The van der Waals surface area contributed by atoms with Crippen LogP contribution < -0.4 is 5.73 Å². The second kappa shape index (κ2) is 8.28. The van der Waals surface area contributed by atoms with Crippen molar-refractivity contribution in [2.45, 2.75) is 71.6 Å². The van der Waals surface area contributed by atoms with Gasteiger partial charge in [0.05, 0.1) is 0 Å². The van der Waals surface area contributed by atoms with Crippen molar-refractivity contribution in [1.29, 1.82) is 0 Å². The molecule has 6 heteroatoms. The van der Waals surface area contributed by atoms with Crippen LogP contribution in [-0.2, 0) is 16.5 Å². The molecule has 5 nitrogen and oxygen atoms in total. The Balaban J connectivity index is 2.77. The first-order valence-electron chi connectivity index (χ1n) is 9.79. The van der Waals surface area contributed by atoms with Crippen LogP contribution in [0.1, 0.15) is 83.3 Å². The van der Waals surface area contributed by atoms with E-state index in [0.29, 0.717) is 11.1 Å². The van der Waals surface area contributed by atoms with Crippen molar-refractivity contribution in [2.75, 3.05) is 5.73 Å². The van der Waals surface area contributed by atoms with Crippen molar-refractivity contribution in [3.8, 4) is 0 Å². The topological polar surface area (TPSA) is 97.5 Å². The number of Topliss-reactive ketones (excluding diaryl/α,β-unsaturated/α-hetero) is 1. The third-order valence-corrected chi connectivity index (χ3v) is 6.26. The molecule has 0 radical (unpaired) electrons. The minimum absolute atomic E-state index is 0.119. The summed E-state index contributed by atoms with van der Waals surface area (Å²) in [4.78, 5) is 13.2. The predicted octanol–water partition coefficient (Wildman–Crippen LogP) is 5.11. The van der Waals surface area contributed by atoms with E-state index in [2.05, 4.69) is 0 Å². The summed E-state index contributed by atoms with van der Waals surface area (Å²) in [5.74, 6) is -0.744. The highest BCUT2D eigenvalue weighted by Crippen LogP contribution is 2.38. The summed E-state index contributed by atoms with van der Waals surface area (Å²) in [7, 11) is -4.53. The largest absolute Gasteiger partial charge is 0.398 e. The molecule has 0 bridgehead atoms. The summed E-state index contributed by atoms with van der Waals surface area (Å²) in [6.07, 6.45) is 0.119. The monoisotopic (exact) mass is 417 g/mol. The number of nitrogen functional groups attached to an aromatic ring is 1. The fourth-order valence-electron chi connectivity index (χ4n) is 4.05. The fourth-order valence-corrected chi connectivity index (χ4v) is 5.25. The van der Waals surface area contributed by atoms with Crippen LogP contribution in [0.25, 0.3) is 0 Å². The molecular weight excluding hydrogens is 386 g/mol. The lowest BCUT2D eigenvalue weighted by Crippen LogP contribution is -2.19. The summed E-state index contributed by atoms with van der Waals surface area (Å²) in [5.41, 5.74) is 11.5. The minimum atomic E-state index is -4.53. The number of rotatable bonds is 6. The van der Waals surface area contributed by atoms with E-state index in [1.807, 2.05) is 46.8 Å². The Labute approximate surface area is 174 Å². The molecule has 0 saturated heterocycles. The van der Waals surface area contributed by atoms with E-state index >= 15 is 0 Å². The lowest BCUT2D eigenvalue weighted by atomic mass is 9.85. The quantitative estimate of drug-likeness (QED) is 0.386. The van der Waals surface area contributed by atoms with Gasteiger partial charge in [0.15, 0.2) is 5.78 Å². The molecule has 0 amide bonds. The van der Waals surface area contributed by atoms with Gasteiger partial charge in [0.2, 0.25) is 0 Å². The van der Waals surface area contributed by atoms with Gasteiger partial charge in [0.25, 0.3) is 10.1 Å². The molecule has 0 atom stereocenters. The normalized spacial score (nSPS) is 12.1.